The molecule has 350 valence electrons. The third-order valence-corrected chi connectivity index (χ3v) is 10.6. The summed E-state index contributed by atoms with van der Waals surface area (Å²) in [6.07, 6.45) is 55.2. The molecule has 0 saturated carbocycles. The molecule has 0 spiro atoms. The van der Waals surface area contributed by atoms with Crippen LogP contribution in [-0.4, -0.2) is 80.6 Å². The maximum atomic E-state index is 12.8. The zero-order valence-electron chi connectivity index (χ0n) is 39.8. The third kappa shape index (κ3) is 41.9. The van der Waals surface area contributed by atoms with E-state index in [1.807, 2.05) is 21.1 Å². The lowest BCUT2D eigenvalue weighted by Crippen LogP contribution is -2.50. The van der Waals surface area contributed by atoms with Gasteiger partial charge in [-0.2, -0.15) is 0 Å². The van der Waals surface area contributed by atoms with Gasteiger partial charge in [0.15, 0.2) is 12.1 Å². The van der Waals surface area contributed by atoms with Crippen LogP contribution in [0.15, 0.2) is 72.9 Å². The molecular formula is C53H92NO7+. The van der Waals surface area contributed by atoms with E-state index in [4.69, 9.17) is 14.2 Å². The summed E-state index contributed by atoms with van der Waals surface area (Å²) in [6.45, 7) is 4.58. The maximum Gasteiger partial charge on any atom is 0.362 e. The smallest absolute Gasteiger partial charge is 0.362 e. The Hall–Kier alpha value is -3.23. The first-order chi connectivity index (χ1) is 29.6. The van der Waals surface area contributed by atoms with Gasteiger partial charge < -0.3 is 23.8 Å². The normalized spacial score (nSPS) is 13.5. The highest BCUT2D eigenvalue weighted by Crippen LogP contribution is 2.14. The SMILES string of the molecule is CC/C=C/C/C=C/C/C=C/C/C=C/C/C=C/CCCCCC(=O)OCC(COCCC(C(=O)O)[N+](C)(C)C)OC(=O)CCCCCCC/C=C/CCCCCCCCCCC. The number of carbonyl (C=O) groups excluding carboxylic acids is 2. The summed E-state index contributed by atoms with van der Waals surface area (Å²) >= 11 is 0. The summed E-state index contributed by atoms with van der Waals surface area (Å²) in [6, 6.07) is -0.625. The topological polar surface area (TPSA) is 99.1 Å². The Morgan fingerprint density at radius 2 is 0.918 bits per heavy atom. The lowest BCUT2D eigenvalue weighted by atomic mass is 10.1. The number of esters is 2. The molecule has 0 rings (SSSR count). The number of aliphatic carboxylic acids is 1. The van der Waals surface area contributed by atoms with E-state index < -0.39 is 18.1 Å². The quantitative estimate of drug-likeness (QED) is 0.0282. The van der Waals surface area contributed by atoms with Crippen molar-refractivity contribution in [2.24, 2.45) is 0 Å². The number of allylic oxidation sites excluding steroid dienone is 12. The molecule has 0 amide bonds. The van der Waals surface area contributed by atoms with Gasteiger partial charge in [-0.25, -0.2) is 4.79 Å². The molecule has 1 N–H and O–H groups in total. The highest BCUT2D eigenvalue weighted by Gasteiger charge is 2.31. The number of unbranched alkanes of at least 4 members (excludes halogenated alkanes) is 17. The minimum atomic E-state index is -0.883. The van der Waals surface area contributed by atoms with Crippen molar-refractivity contribution in [2.45, 2.75) is 206 Å². The van der Waals surface area contributed by atoms with Gasteiger partial charge in [-0.05, 0) is 83.5 Å². The molecular weight excluding hydrogens is 763 g/mol. The summed E-state index contributed by atoms with van der Waals surface area (Å²) in [5, 5.41) is 9.64. The van der Waals surface area contributed by atoms with Crippen LogP contribution in [0.25, 0.3) is 0 Å². The number of nitrogens with zero attached hydrogens (tertiary/aromatic N) is 1. The fraction of sp³-hybridized carbons (Fsp3) is 0.717. The van der Waals surface area contributed by atoms with Gasteiger partial charge in [0, 0.05) is 19.3 Å². The van der Waals surface area contributed by atoms with Crippen LogP contribution < -0.4 is 0 Å². The second-order valence-electron chi connectivity index (χ2n) is 17.3. The molecule has 2 atom stereocenters. The number of hydrogen-bond acceptors (Lipinski definition) is 6. The fourth-order valence-corrected chi connectivity index (χ4v) is 6.82. The van der Waals surface area contributed by atoms with Crippen molar-refractivity contribution >= 4 is 17.9 Å². The average Bonchev–Trinajstić information content (AvgIpc) is 3.22. The van der Waals surface area contributed by atoms with E-state index >= 15 is 0 Å². The molecule has 8 nitrogen and oxygen atoms in total. The van der Waals surface area contributed by atoms with E-state index in [9.17, 15) is 19.5 Å². The number of carbonyl (C=O) groups is 3. The van der Waals surface area contributed by atoms with Crippen molar-refractivity contribution in [3.63, 3.8) is 0 Å². The number of rotatable bonds is 43. The van der Waals surface area contributed by atoms with E-state index in [0.29, 0.717) is 19.3 Å². The first-order valence-electron chi connectivity index (χ1n) is 24.5. The highest BCUT2D eigenvalue weighted by molar-refractivity contribution is 5.72. The number of carboxylic acid groups (broad SMARTS) is 1. The Balaban J connectivity index is 4.37. The Bertz CT molecular complexity index is 1230. The van der Waals surface area contributed by atoms with Gasteiger partial charge in [-0.15, -0.1) is 0 Å². The van der Waals surface area contributed by atoms with Gasteiger partial charge in [-0.1, -0.05) is 164 Å². The summed E-state index contributed by atoms with van der Waals surface area (Å²) in [4.78, 5) is 37.1. The van der Waals surface area contributed by atoms with Crippen molar-refractivity contribution in [2.75, 3.05) is 41.0 Å². The van der Waals surface area contributed by atoms with E-state index in [0.717, 1.165) is 89.9 Å². The summed E-state index contributed by atoms with van der Waals surface area (Å²) in [7, 11) is 5.51. The number of carboxylic acids is 1. The standard InChI is InChI=1S/C53H91NO7/c1-6-8-10-12-14-16-18-20-22-24-26-28-29-31-33-35-37-39-41-43-51(55)60-48-49(47-59-46-45-50(53(57)58)54(3,4)5)61-52(56)44-42-40-38-36-34-32-30-27-25-23-21-19-17-15-13-11-9-7-2/h8,10,14,16,20,22,26-28,30-31,33,49-50H,6-7,9,11-13,15,17-19,21,23-25,29,32,34-48H2,1-5H3/p+1/b10-8+,16-14+,22-20+,28-26+,30-27+,33-31+. The summed E-state index contributed by atoms with van der Waals surface area (Å²) < 4.78 is 17.3. The molecule has 8 heteroatoms. The Kier molecular flexibility index (Phi) is 41.1. The molecule has 0 aliphatic rings. The van der Waals surface area contributed by atoms with Gasteiger partial charge in [0.05, 0.1) is 34.4 Å². The minimum Gasteiger partial charge on any atom is -0.477 e. The lowest BCUT2D eigenvalue weighted by molar-refractivity contribution is -0.887. The van der Waals surface area contributed by atoms with Crippen LogP contribution in [0, 0.1) is 0 Å². The third-order valence-electron chi connectivity index (χ3n) is 10.6. The molecule has 0 heterocycles. The average molecular weight is 855 g/mol. The number of hydrogen-bond donors (Lipinski definition) is 1. The van der Waals surface area contributed by atoms with E-state index in [2.05, 4.69) is 86.8 Å². The molecule has 0 radical (unpaired) electrons. The minimum absolute atomic E-state index is 0.0440. The first kappa shape index (κ1) is 57.8. The van der Waals surface area contributed by atoms with E-state index in [-0.39, 0.29) is 36.2 Å². The van der Waals surface area contributed by atoms with Crippen LogP contribution in [0.2, 0.25) is 0 Å². The molecule has 0 aromatic carbocycles. The van der Waals surface area contributed by atoms with Crippen molar-refractivity contribution in [3.05, 3.63) is 72.9 Å². The number of quaternary nitrogens is 1. The Labute approximate surface area is 374 Å². The second kappa shape index (κ2) is 43.4. The molecule has 0 saturated heterocycles. The van der Waals surface area contributed by atoms with Gasteiger partial charge in [-0.3, -0.25) is 9.59 Å². The lowest BCUT2D eigenvalue weighted by Gasteiger charge is -2.31. The number of ether oxygens (including phenoxy) is 3. The predicted molar refractivity (Wildman–Crippen MR) is 257 cm³/mol. The molecule has 0 aliphatic carbocycles. The maximum absolute atomic E-state index is 12.8. The van der Waals surface area contributed by atoms with Crippen LogP contribution in [0.3, 0.4) is 0 Å². The zero-order valence-corrected chi connectivity index (χ0v) is 39.8. The van der Waals surface area contributed by atoms with Crippen molar-refractivity contribution in [3.8, 4) is 0 Å². The molecule has 61 heavy (non-hydrogen) atoms. The molecule has 0 bridgehead atoms. The highest BCUT2D eigenvalue weighted by atomic mass is 16.6. The van der Waals surface area contributed by atoms with Crippen LogP contribution in [-0.2, 0) is 28.6 Å². The first-order valence-corrected chi connectivity index (χ1v) is 24.5. The van der Waals surface area contributed by atoms with Crippen molar-refractivity contribution < 1.29 is 38.2 Å². The summed E-state index contributed by atoms with van der Waals surface area (Å²) in [5.74, 6) is -1.52. The fourth-order valence-electron chi connectivity index (χ4n) is 6.82. The molecule has 0 aromatic rings. The molecule has 0 aromatic heterocycles. The Morgan fingerprint density at radius 3 is 1.39 bits per heavy atom. The second-order valence-corrected chi connectivity index (χ2v) is 17.3. The van der Waals surface area contributed by atoms with Crippen LogP contribution in [0.4, 0.5) is 0 Å². The molecule has 0 aliphatic heterocycles. The van der Waals surface area contributed by atoms with E-state index in [1.54, 1.807) is 0 Å². The predicted octanol–water partition coefficient (Wildman–Crippen LogP) is 13.9. The van der Waals surface area contributed by atoms with Gasteiger partial charge in [0.2, 0.25) is 0 Å². The van der Waals surface area contributed by atoms with Crippen LogP contribution >= 0.6 is 0 Å². The largest absolute Gasteiger partial charge is 0.477 e. The van der Waals surface area contributed by atoms with E-state index in [1.165, 1.54) is 70.6 Å². The molecule has 2 unspecified atom stereocenters. The molecule has 0 fully saturated rings. The van der Waals surface area contributed by atoms with Gasteiger partial charge in [0.25, 0.3) is 0 Å². The Morgan fingerprint density at radius 1 is 0.508 bits per heavy atom. The van der Waals surface area contributed by atoms with Crippen LogP contribution in [0.1, 0.15) is 194 Å². The van der Waals surface area contributed by atoms with Gasteiger partial charge in [0.1, 0.15) is 6.61 Å². The summed E-state index contributed by atoms with van der Waals surface area (Å²) in [5.41, 5.74) is 0. The monoisotopic (exact) mass is 855 g/mol. The van der Waals surface area contributed by atoms with Crippen molar-refractivity contribution in [1.29, 1.82) is 0 Å². The van der Waals surface area contributed by atoms with Crippen LogP contribution in [0.5, 0.6) is 0 Å². The number of likely N-dealkylation sites (N-methyl/N-ethyl adjacent to an activating group) is 1. The zero-order chi connectivity index (χ0) is 44.9. The van der Waals surface area contributed by atoms with Crippen molar-refractivity contribution in [1.82, 2.24) is 0 Å². The van der Waals surface area contributed by atoms with Gasteiger partial charge >= 0.3 is 17.9 Å².